The summed E-state index contributed by atoms with van der Waals surface area (Å²) >= 11 is 0. The SMILES string of the molecule is C=C(C)C(=O)O[C@H]1C[C@@](C)(O)[C@@]2(O)CC[C@@](C)(/C=C3/OC(=O)C(COC)=C31)O2. The van der Waals surface area contributed by atoms with Gasteiger partial charge in [-0.05, 0) is 33.3 Å². The van der Waals surface area contributed by atoms with E-state index < -0.39 is 35.0 Å². The molecule has 3 aliphatic heterocycles. The van der Waals surface area contributed by atoms with Crippen molar-refractivity contribution in [1.82, 2.24) is 0 Å². The van der Waals surface area contributed by atoms with Crippen molar-refractivity contribution in [3.8, 4) is 0 Å². The molecule has 1 fully saturated rings. The lowest BCUT2D eigenvalue weighted by molar-refractivity contribution is -0.298. The van der Waals surface area contributed by atoms with Gasteiger partial charge in [0.25, 0.3) is 0 Å². The van der Waals surface area contributed by atoms with Crippen LogP contribution in [0.25, 0.3) is 0 Å². The Kier molecular flexibility index (Phi) is 5.04. The van der Waals surface area contributed by atoms with E-state index in [1.807, 2.05) is 0 Å². The summed E-state index contributed by atoms with van der Waals surface area (Å²) in [6.07, 6.45) is 0.875. The Hall–Kier alpha value is -2.00. The van der Waals surface area contributed by atoms with Crippen LogP contribution in [0.3, 0.4) is 0 Å². The van der Waals surface area contributed by atoms with Crippen molar-refractivity contribution < 1.29 is 38.7 Å². The fraction of sp³-hybridized carbons (Fsp3) is 0.600. The summed E-state index contributed by atoms with van der Waals surface area (Å²) in [4.78, 5) is 24.7. The second-order valence-electron chi connectivity index (χ2n) is 8.07. The number of carbonyl (C=O) groups is 2. The van der Waals surface area contributed by atoms with Crippen molar-refractivity contribution >= 4 is 11.9 Å². The summed E-state index contributed by atoms with van der Waals surface area (Å²) in [5.74, 6) is -2.97. The number of aliphatic hydroxyl groups is 2. The lowest BCUT2D eigenvalue weighted by atomic mass is 9.82. The van der Waals surface area contributed by atoms with Crippen LogP contribution >= 0.6 is 0 Å². The summed E-state index contributed by atoms with van der Waals surface area (Å²) < 4.78 is 21.9. The van der Waals surface area contributed by atoms with Crippen LogP contribution in [0, 0.1) is 0 Å². The monoisotopic (exact) mass is 394 g/mol. The maximum Gasteiger partial charge on any atom is 0.342 e. The molecule has 4 atom stereocenters. The minimum absolute atomic E-state index is 0.0589. The van der Waals surface area contributed by atoms with Gasteiger partial charge in [-0.1, -0.05) is 6.58 Å². The number of carbonyl (C=O) groups excluding carboxylic acids is 2. The first kappa shape index (κ1) is 20.7. The Morgan fingerprint density at radius 2 is 2.04 bits per heavy atom. The summed E-state index contributed by atoms with van der Waals surface area (Å²) in [6.45, 7) is 8.15. The number of hydrogen-bond acceptors (Lipinski definition) is 8. The molecule has 0 spiro atoms. The molecule has 154 valence electrons. The third-order valence-electron chi connectivity index (χ3n) is 5.47. The predicted octanol–water partition coefficient (Wildman–Crippen LogP) is 1.27. The third-order valence-corrected chi connectivity index (χ3v) is 5.47. The van der Waals surface area contributed by atoms with Gasteiger partial charge >= 0.3 is 11.9 Å². The molecule has 2 N–H and O–H groups in total. The predicted molar refractivity (Wildman–Crippen MR) is 96.7 cm³/mol. The van der Waals surface area contributed by atoms with Gasteiger partial charge in [0.2, 0.25) is 0 Å². The van der Waals surface area contributed by atoms with Crippen molar-refractivity contribution in [2.75, 3.05) is 13.7 Å². The normalized spacial score (nSPS) is 39.3. The molecule has 0 saturated carbocycles. The molecule has 0 radical (unpaired) electrons. The molecule has 0 aromatic rings. The van der Waals surface area contributed by atoms with Crippen LogP contribution in [-0.2, 0) is 28.5 Å². The van der Waals surface area contributed by atoms with Crippen molar-refractivity contribution in [1.29, 1.82) is 0 Å². The molecule has 3 aliphatic rings. The van der Waals surface area contributed by atoms with E-state index in [2.05, 4.69) is 6.58 Å². The van der Waals surface area contributed by atoms with E-state index in [4.69, 9.17) is 18.9 Å². The van der Waals surface area contributed by atoms with E-state index in [9.17, 15) is 19.8 Å². The number of rotatable bonds is 4. The van der Waals surface area contributed by atoms with Gasteiger partial charge in [0.15, 0.2) is 5.79 Å². The zero-order valence-electron chi connectivity index (χ0n) is 16.5. The average molecular weight is 394 g/mol. The Balaban J connectivity index is 2.18. The molecule has 3 rings (SSSR count). The second kappa shape index (κ2) is 6.81. The molecule has 8 nitrogen and oxygen atoms in total. The standard InChI is InChI=1S/C20H26O8/c1-11(2)16(21)26-14-9-19(4,23)20(24)7-6-18(3,28-20)8-13-15(14)12(10-25-5)17(22)27-13/h8,14,23-24H,1,6-7,9-10H2,2-5H3/b13-8+/t14-,18-,19+,20+/m0/s1. The molecule has 8 heteroatoms. The quantitative estimate of drug-likeness (QED) is 0.542. The zero-order valence-corrected chi connectivity index (χ0v) is 16.5. The van der Waals surface area contributed by atoms with Gasteiger partial charge in [-0.15, -0.1) is 0 Å². The molecule has 0 aliphatic carbocycles. The highest BCUT2D eigenvalue weighted by Crippen LogP contribution is 2.49. The Morgan fingerprint density at radius 3 is 2.64 bits per heavy atom. The lowest BCUT2D eigenvalue weighted by Gasteiger charge is -2.40. The van der Waals surface area contributed by atoms with E-state index in [1.54, 1.807) is 13.0 Å². The minimum atomic E-state index is -1.85. The fourth-order valence-electron chi connectivity index (χ4n) is 3.83. The first-order chi connectivity index (χ1) is 12.9. The Labute approximate surface area is 163 Å². The topological polar surface area (TPSA) is 112 Å². The zero-order chi connectivity index (χ0) is 20.9. The van der Waals surface area contributed by atoms with E-state index in [1.165, 1.54) is 21.0 Å². The molecule has 2 bridgehead atoms. The molecular weight excluding hydrogens is 368 g/mol. The van der Waals surface area contributed by atoms with Gasteiger partial charge in [0.05, 0.1) is 17.8 Å². The van der Waals surface area contributed by atoms with E-state index in [0.717, 1.165) is 0 Å². The third kappa shape index (κ3) is 3.41. The summed E-state index contributed by atoms with van der Waals surface area (Å²) in [5, 5.41) is 22.1. The number of esters is 2. The molecule has 3 heterocycles. The van der Waals surface area contributed by atoms with Crippen LogP contribution in [0.4, 0.5) is 0 Å². The number of fused-ring (bicyclic) bond motifs is 3. The molecule has 0 aromatic carbocycles. The average Bonchev–Trinajstić information content (AvgIpc) is 3.05. The van der Waals surface area contributed by atoms with Crippen molar-refractivity contribution in [3.63, 3.8) is 0 Å². The highest BCUT2D eigenvalue weighted by molar-refractivity contribution is 5.95. The van der Waals surface area contributed by atoms with E-state index >= 15 is 0 Å². The maximum absolute atomic E-state index is 12.4. The molecule has 0 aromatic heterocycles. The number of ether oxygens (including phenoxy) is 4. The molecular formula is C20H26O8. The van der Waals surface area contributed by atoms with Crippen LogP contribution in [0.2, 0.25) is 0 Å². The van der Waals surface area contributed by atoms with Crippen molar-refractivity contribution in [2.45, 2.75) is 63.1 Å². The Bertz CT molecular complexity index is 792. The van der Waals surface area contributed by atoms with Gasteiger partial charge in [-0.3, -0.25) is 0 Å². The van der Waals surface area contributed by atoms with Gasteiger partial charge in [0, 0.05) is 31.1 Å². The van der Waals surface area contributed by atoms with E-state index in [-0.39, 0.29) is 36.4 Å². The van der Waals surface area contributed by atoms with Gasteiger partial charge in [-0.25, -0.2) is 9.59 Å². The van der Waals surface area contributed by atoms with Gasteiger partial charge in [0.1, 0.15) is 17.5 Å². The first-order valence-corrected chi connectivity index (χ1v) is 9.10. The Morgan fingerprint density at radius 1 is 1.36 bits per heavy atom. The molecule has 1 saturated heterocycles. The molecule has 28 heavy (non-hydrogen) atoms. The van der Waals surface area contributed by atoms with Crippen LogP contribution in [0.15, 0.2) is 35.1 Å². The fourth-order valence-corrected chi connectivity index (χ4v) is 3.83. The second-order valence-corrected chi connectivity index (χ2v) is 8.07. The smallest absolute Gasteiger partial charge is 0.342 e. The van der Waals surface area contributed by atoms with Crippen molar-refractivity contribution in [3.05, 3.63) is 35.1 Å². The van der Waals surface area contributed by atoms with Crippen LogP contribution in [-0.4, -0.2) is 59.0 Å². The van der Waals surface area contributed by atoms with Crippen LogP contribution < -0.4 is 0 Å². The minimum Gasteiger partial charge on any atom is -0.454 e. The van der Waals surface area contributed by atoms with Crippen LogP contribution in [0.5, 0.6) is 0 Å². The summed E-state index contributed by atoms with van der Waals surface area (Å²) in [5.41, 5.74) is -2.09. The summed E-state index contributed by atoms with van der Waals surface area (Å²) in [7, 11) is 1.43. The first-order valence-electron chi connectivity index (χ1n) is 9.10. The molecule has 0 amide bonds. The summed E-state index contributed by atoms with van der Waals surface area (Å²) in [6, 6.07) is 0. The lowest BCUT2D eigenvalue weighted by Crippen LogP contribution is -2.54. The van der Waals surface area contributed by atoms with Gasteiger partial charge in [-0.2, -0.15) is 0 Å². The highest BCUT2D eigenvalue weighted by Gasteiger charge is 2.58. The number of methoxy groups -OCH3 is 1. The number of hydrogen-bond donors (Lipinski definition) is 2. The maximum atomic E-state index is 12.4. The van der Waals surface area contributed by atoms with E-state index in [0.29, 0.717) is 12.0 Å². The van der Waals surface area contributed by atoms with Crippen molar-refractivity contribution in [2.24, 2.45) is 0 Å². The molecule has 0 unspecified atom stereocenters. The highest BCUT2D eigenvalue weighted by atomic mass is 16.7. The largest absolute Gasteiger partial charge is 0.454 e. The van der Waals surface area contributed by atoms with Gasteiger partial charge < -0.3 is 29.2 Å². The van der Waals surface area contributed by atoms with Crippen LogP contribution in [0.1, 0.15) is 40.0 Å².